The molecule has 3 N–H and O–H groups in total. The number of nitrogens with zero attached hydrogens (tertiary/aromatic N) is 1. The van der Waals surface area contributed by atoms with E-state index in [2.05, 4.69) is 20.8 Å². The molecule has 3 aromatic carbocycles. The number of aryl methyl sites for hydroxylation is 1. The fourth-order valence-corrected chi connectivity index (χ4v) is 3.32. The predicted molar refractivity (Wildman–Crippen MR) is 121 cm³/mol. The summed E-state index contributed by atoms with van der Waals surface area (Å²) >= 11 is 0. The van der Waals surface area contributed by atoms with Crippen molar-refractivity contribution < 1.29 is 14.3 Å². The number of urea groups is 1. The van der Waals surface area contributed by atoms with Crippen molar-refractivity contribution in [2.45, 2.75) is 13.8 Å². The van der Waals surface area contributed by atoms with Crippen LogP contribution in [0.2, 0.25) is 0 Å². The van der Waals surface area contributed by atoms with Crippen molar-refractivity contribution in [1.29, 1.82) is 0 Å². The molecule has 7 nitrogen and oxygen atoms in total. The number of ether oxygens (including phenoxy) is 1. The lowest BCUT2D eigenvalue weighted by molar-refractivity contribution is 0.0521. The maximum atomic E-state index is 12.2. The Kier molecular flexibility index (Phi) is 5.66. The molecule has 1 heterocycles. The monoisotopic (exact) mass is 414 g/mol. The summed E-state index contributed by atoms with van der Waals surface area (Å²) in [5, 5.41) is 13.3. The van der Waals surface area contributed by atoms with Crippen LogP contribution < -0.4 is 10.6 Å². The number of esters is 1. The zero-order valence-electron chi connectivity index (χ0n) is 17.2. The van der Waals surface area contributed by atoms with E-state index in [9.17, 15) is 9.59 Å². The van der Waals surface area contributed by atoms with Gasteiger partial charge in [0, 0.05) is 16.8 Å². The van der Waals surface area contributed by atoms with Crippen LogP contribution in [0.4, 0.5) is 16.2 Å². The molecule has 0 aliphatic rings. The first-order chi connectivity index (χ1) is 15.0. The van der Waals surface area contributed by atoms with Crippen LogP contribution in [0.25, 0.3) is 22.0 Å². The summed E-state index contributed by atoms with van der Waals surface area (Å²) in [6.45, 7) is 4.03. The number of hydrogen-bond acceptors (Lipinski definition) is 4. The van der Waals surface area contributed by atoms with Crippen molar-refractivity contribution in [2.75, 3.05) is 17.2 Å². The number of carbonyl (C=O) groups excluding carboxylic acids is 2. The molecular weight excluding hydrogens is 392 g/mol. The van der Waals surface area contributed by atoms with Crippen LogP contribution >= 0.6 is 0 Å². The number of carbonyl (C=O) groups is 2. The van der Waals surface area contributed by atoms with Crippen molar-refractivity contribution in [3.63, 3.8) is 0 Å². The molecule has 0 aliphatic heterocycles. The lowest BCUT2D eigenvalue weighted by Gasteiger charge is -2.09. The van der Waals surface area contributed by atoms with E-state index in [1.807, 2.05) is 73.7 Å². The smallest absolute Gasteiger partial charge is 0.359 e. The van der Waals surface area contributed by atoms with Crippen LogP contribution in [0.15, 0.2) is 66.7 Å². The predicted octanol–water partition coefficient (Wildman–Crippen LogP) is 5.36. The summed E-state index contributed by atoms with van der Waals surface area (Å²) in [5.41, 5.74) is 5.46. The van der Waals surface area contributed by atoms with Gasteiger partial charge in [0.15, 0.2) is 5.69 Å². The third-order valence-corrected chi connectivity index (χ3v) is 4.78. The molecule has 31 heavy (non-hydrogen) atoms. The topological polar surface area (TPSA) is 96.1 Å². The van der Waals surface area contributed by atoms with Gasteiger partial charge in [0.25, 0.3) is 0 Å². The Morgan fingerprint density at radius 1 is 0.935 bits per heavy atom. The van der Waals surface area contributed by atoms with E-state index in [0.717, 1.165) is 27.9 Å². The molecule has 4 aromatic rings. The van der Waals surface area contributed by atoms with Crippen molar-refractivity contribution in [3.8, 4) is 11.1 Å². The summed E-state index contributed by atoms with van der Waals surface area (Å²) in [6.07, 6.45) is 0. The SMILES string of the molecule is CCOC(=O)c1n[nH]c2cc(-c3ccc(NC(=O)Nc4cccc(C)c4)cc3)ccc12. The standard InChI is InChI=1S/C24H22N4O3/c1-3-31-23(29)22-20-12-9-17(14-21(20)27-28-22)16-7-10-18(11-8-16)25-24(30)26-19-6-4-5-15(2)13-19/h4-14H,3H2,1-2H3,(H,27,28)(H2,25,26,30). The highest BCUT2D eigenvalue weighted by Gasteiger charge is 2.15. The molecule has 0 saturated carbocycles. The van der Waals surface area contributed by atoms with Gasteiger partial charge in [0.1, 0.15) is 0 Å². The Morgan fingerprint density at radius 2 is 1.68 bits per heavy atom. The Bertz CT molecular complexity index is 1250. The average molecular weight is 414 g/mol. The molecule has 0 fully saturated rings. The number of hydrogen-bond donors (Lipinski definition) is 3. The lowest BCUT2D eigenvalue weighted by Crippen LogP contribution is -2.19. The first-order valence-corrected chi connectivity index (χ1v) is 9.94. The average Bonchev–Trinajstić information content (AvgIpc) is 3.18. The largest absolute Gasteiger partial charge is 0.461 e. The van der Waals surface area contributed by atoms with Crippen LogP contribution in [0.1, 0.15) is 23.0 Å². The van der Waals surface area contributed by atoms with Gasteiger partial charge in [-0.15, -0.1) is 0 Å². The zero-order chi connectivity index (χ0) is 21.8. The maximum Gasteiger partial charge on any atom is 0.359 e. The van der Waals surface area contributed by atoms with Gasteiger partial charge < -0.3 is 15.4 Å². The van der Waals surface area contributed by atoms with Gasteiger partial charge in [-0.1, -0.05) is 30.3 Å². The quantitative estimate of drug-likeness (QED) is 0.383. The van der Waals surface area contributed by atoms with E-state index in [4.69, 9.17) is 4.74 Å². The van der Waals surface area contributed by atoms with E-state index in [-0.39, 0.29) is 11.7 Å². The molecule has 156 valence electrons. The van der Waals surface area contributed by atoms with Crippen LogP contribution in [-0.2, 0) is 4.74 Å². The van der Waals surface area contributed by atoms with Gasteiger partial charge in [-0.2, -0.15) is 5.10 Å². The molecule has 4 rings (SSSR count). The minimum Gasteiger partial charge on any atom is -0.461 e. The molecule has 0 unspecified atom stereocenters. The highest BCUT2D eigenvalue weighted by atomic mass is 16.5. The molecule has 0 aliphatic carbocycles. The lowest BCUT2D eigenvalue weighted by atomic mass is 10.0. The number of anilines is 2. The summed E-state index contributed by atoms with van der Waals surface area (Å²) in [4.78, 5) is 24.2. The number of amides is 2. The Labute approximate surface area is 179 Å². The Morgan fingerprint density at radius 3 is 2.42 bits per heavy atom. The second-order valence-corrected chi connectivity index (χ2v) is 7.08. The van der Waals surface area contributed by atoms with Crippen LogP contribution in [0.5, 0.6) is 0 Å². The second-order valence-electron chi connectivity index (χ2n) is 7.08. The molecule has 0 saturated heterocycles. The summed E-state index contributed by atoms with van der Waals surface area (Å²) in [6, 6.07) is 20.5. The van der Waals surface area contributed by atoms with E-state index in [0.29, 0.717) is 17.7 Å². The van der Waals surface area contributed by atoms with E-state index >= 15 is 0 Å². The second kappa shape index (κ2) is 8.71. The van der Waals surface area contributed by atoms with Gasteiger partial charge in [-0.25, -0.2) is 9.59 Å². The number of rotatable bonds is 5. The first-order valence-electron chi connectivity index (χ1n) is 9.94. The van der Waals surface area contributed by atoms with E-state index in [1.54, 1.807) is 6.92 Å². The number of aromatic amines is 1. The van der Waals surface area contributed by atoms with E-state index in [1.165, 1.54) is 0 Å². The number of aromatic nitrogens is 2. The van der Waals surface area contributed by atoms with E-state index < -0.39 is 5.97 Å². The third-order valence-electron chi connectivity index (χ3n) is 4.78. The van der Waals surface area contributed by atoms with Crippen LogP contribution in [0.3, 0.4) is 0 Å². The molecular formula is C24H22N4O3. The molecule has 0 bridgehead atoms. The molecule has 0 radical (unpaired) electrons. The normalized spacial score (nSPS) is 10.6. The Balaban J connectivity index is 1.47. The number of nitrogens with one attached hydrogen (secondary N) is 3. The summed E-state index contributed by atoms with van der Waals surface area (Å²) in [5.74, 6) is -0.444. The van der Waals surface area contributed by atoms with Gasteiger partial charge in [0.2, 0.25) is 0 Å². The van der Waals surface area contributed by atoms with Crippen molar-refractivity contribution in [1.82, 2.24) is 10.2 Å². The highest BCUT2D eigenvalue weighted by Crippen LogP contribution is 2.26. The van der Waals surface area contributed by atoms with Gasteiger partial charge in [-0.05, 0) is 66.9 Å². The molecule has 0 spiro atoms. The minimum absolute atomic E-state index is 0.280. The first kappa shape index (κ1) is 20.2. The van der Waals surface area contributed by atoms with Gasteiger partial charge in [-0.3, -0.25) is 5.10 Å². The van der Waals surface area contributed by atoms with Crippen molar-refractivity contribution in [2.24, 2.45) is 0 Å². The zero-order valence-corrected chi connectivity index (χ0v) is 17.2. The van der Waals surface area contributed by atoms with Crippen LogP contribution in [-0.4, -0.2) is 28.8 Å². The fourth-order valence-electron chi connectivity index (χ4n) is 3.32. The molecule has 1 aromatic heterocycles. The Hall–Kier alpha value is -4.13. The number of benzene rings is 3. The summed E-state index contributed by atoms with van der Waals surface area (Å²) in [7, 11) is 0. The van der Waals surface area contributed by atoms with Crippen molar-refractivity contribution >= 4 is 34.3 Å². The molecule has 0 atom stereocenters. The highest BCUT2D eigenvalue weighted by molar-refractivity contribution is 6.03. The maximum absolute atomic E-state index is 12.2. The molecule has 2 amide bonds. The number of fused-ring (bicyclic) bond motifs is 1. The van der Waals surface area contributed by atoms with Crippen LogP contribution in [0, 0.1) is 6.92 Å². The van der Waals surface area contributed by atoms with Gasteiger partial charge in [0.05, 0.1) is 12.1 Å². The minimum atomic E-state index is -0.444. The van der Waals surface area contributed by atoms with Crippen molar-refractivity contribution in [3.05, 3.63) is 78.0 Å². The molecule has 7 heteroatoms. The van der Waals surface area contributed by atoms with Gasteiger partial charge >= 0.3 is 12.0 Å². The third kappa shape index (κ3) is 4.56. The fraction of sp³-hybridized carbons (Fsp3) is 0.125. The number of H-pyrrole nitrogens is 1. The summed E-state index contributed by atoms with van der Waals surface area (Å²) < 4.78 is 5.04.